The van der Waals surface area contributed by atoms with E-state index >= 15 is 0 Å². The molecule has 22 heavy (non-hydrogen) atoms. The topological polar surface area (TPSA) is 35.6 Å². The first-order valence-corrected chi connectivity index (χ1v) is 7.76. The third-order valence-corrected chi connectivity index (χ3v) is 3.84. The second-order valence-electron chi connectivity index (χ2n) is 5.67. The largest absolute Gasteiger partial charge is 0.353 e. The number of likely N-dealkylation sites (N-methyl/N-ethyl adjacent to an activating group) is 1. The maximum atomic E-state index is 12.8. The van der Waals surface area contributed by atoms with E-state index in [4.69, 9.17) is 0 Å². The van der Waals surface area contributed by atoms with Gasteiger partial charge < -0.3 is 15.1 Å². The van der Waals surface area contributed by atoms with Gasteiger partial charge in [-0.05, 0) is 43.8 Å². The highest BCUT2D eigenvalue weighted by Crippen LogP contribution is 2.04. The number of piperazine rings is 1. The lowest BCUT2D eigenvalue weighted by molar-refractivity contribution is -0.116. The SMILES string of the molecule is CN1CCN(CCCNC(=O)/C=C\c2ccc(F)cc2)CC1. The van der Waals surface area contributed by atoms with E-state index in [9.17, 15) is 9.18 Å². The van der Waals surface area contributed by atoms with Crippen LogP contribution in [0.2, 0.25) is 0 Å². The summed E-state index contributed by atoms with van der Waals surface area (Å²) < 4.78 is 12.8. The van der Waals surface area contributed by atoms with E-state index in [2.05, 4.69) is 22.2 Å². The average Bonchev–Trinajstić information content (AvgIpc) is 2.53. The number of hydrogen-bond acceptors (Lipinski definition) is 3. The van der Waals surface area contributed by atoms with Crippen molar-refractivity contribution >= 4 is 12.0 Å². The van der Waals surface area contributed by atoms with Crippen molar-refractivity contribution in [1.82, 2.24) is 15.1 Å². The second-order valence-corrected chi connectivity index (χ2v) is 5.67. The van der Waals surface area contributed by atoms with E-state index in [0.717, 1.165) is 44.7 Å². The normalized spacial score (nSPS) is 17.0. The first kappa shape index (κ1) is 16.6. The number of benzene rings is 1. The molecule has 4 nitrogen and oxygen atoms in total. The number of rotatable bonds is 6. The molecule has 1 aliphatic rings. The van der Waals surface area contributed by atoms with Crippen molar-refractivity contribution in [2.75, 3.05) is 46.3 Å². The molecule has 120 valence electrons. The van der Waals surface area contributed by atoms with E-state index < -0.39 is 0 Å². The van der Waals surface area contributed by atoms with Crippen LogP contribution in [0.3, 0.4) is 0 Å². The standard InChI is InChI=1S/C17H24FN3O/c1-20-11-13-21(14-12-20)10-2-9-19-17(22)8-5-15-3-6-16(18)7-4-15/h3-8H,2,9-14H2,1H3,(H,19,22)/b8-5-. The average molecular weight is 305 g/mol. The fourth-order valence-electron chi connectivity index (χ4n) is 2.39. The lowest BCUT2D eigenvalue weighted by Crippen LogP contribution is -2.45. The zero-order valence-corrected chi connectivity index (χ0v) is 13.1. The predicted octanol–water partition coefficient (Wildman–Crippen LogP) is 1.59. The van der Waals surface area contributed by atoms with Crippen molar-refractivity contribution < 1.29 is 9.18 Å². The summed E-state index contributed by atoms with van der Waals surface area (Å²) in [4.78, 5) is 16.4. The Labute approximate surface area is 131 Å². The van der Waals surface area contributed by atoms with Crippen molar-refractivity contribution in [3.8, 4) is 0 Å². The van der Waals surface area contributed by atoms with E-state index in [1.165, 1.54) is 18.2 Å². The Hall–Kier alpha value is -1.72. The van der Waals surface area contributed by atoms with Crippen molar-refractivity contribution in [1.29, 1.82) is 0 Å². The van der Waals surface area contributed by atoms with E-state index in [1.54, 1.807) is 18.2 Å². The molecule has 2 rings (SSSR count). The van der Waals surface area contributed by atoms with Crippen LogP contribution in [-0.4, -0.2) is 62.0 Å². The number of nitrogens with one attached hydrogen (secondary N) is 1. The smallest absolute Gasteiger partial charge is 0.243 e. The molecule has 1 aromatic rings. The first-order chi connectivity index (χ1) is 10.6. The van der Waals surface area contributed by atoms with Gasteiger partial charge in [-0.15, -0.1) is 0 Å². The molecule has 1 aromatic carbocycles. The van der Waals surface area contributed by atoms with Crippen LogP contribution in [0, 0.1) is 5.82 Å². The van der Waals surface area contributed by atoms with Gasteiger partial charge in [0.25, 0.3) is 0 Å². The molecule has 1 saturated heterocycles. The molecule has 0 bridgehead atoms. The molecule has 1 heterocycles. The number of carbonyl (C=O) groups is 1. The number of carbonyl (C=O) groups excluding carboxylic acids is 1. The molecule has 0 unspecified atom stereocenters. The Bertz CT molecular complexity index is 493. The van der Waals surface area contributed by atoms with Gasteiger partial charge in [0.05, 0.1) is 0 Å². The van der Waals surface area contributed by atoms with Gasteiger partial charge in [0.15, 0.2) is 0 Å². The van der Waals surface area contributed by atoms with Crippen molar-refractivity contribution in [3.63, 3.8) is 0 Å². The molecular formula is C17H24FN3O. The number of halogens is 1. The molecular weight excluding hydrogens is 281 g/mol. The molecule has 5 heteroatoms. The van der Waals surface area contributed by atoms with Crippen molar-refractivity contribution in [2.45, 2.75) is 6.42 Å². The molecule has 0 atom stereocenters. The van der Waals surface area contributed by atoms with E-state index in [-0.39, 0.29) is 11.7 Å². The molecule has 1 N–H and O–H groups in total. The fraction of sp³-hybridized carbons (Fsp3) is 0.471. The second kappa shape index (κ2) is 8.66. The maximum absolute atomic E-state index is 12.8. The third kappa shape index (κ3) is 5.95. The van der Waals surface area contributed by atoms with Crippen LogP contribution < -0.4 is 5.32 Å². The van der Waals surface area contributed by atoms with Crippen molar-refractivity contribution in [3.05, 3.63) is 41.7 Å². The Kier molecular flexibility index (Phi) is 6.55. The van der Waals surface area contributed by atoms with Crippen molar-refractivity contribution in [2.24, 2.45) is 0 Å². The Morgan fingerprint density at radius 3 is 2.59 bits per heavy atom. The number of nitrogens with zero attached hydrogens (tertiary/aromatic N) is 2. The Balaban J connectivity index is 1.60. The van der Waals surface area contributed by atoms with Gasteiger partial charge in [0, 0.05) is 38.8 Å². The zero-order chi connectivity index (χ0) is 15.8. The van der Waals surface area contributed by atoms with Gasteiger partial charge in [-0.1, -0.05) is 12.1 Å². The molecule has 0 aliphatic carbocycles. The summed E-state index contributed by atoms with van der Waals surface area (Å²) in [5.74, 6) is -0.381. The first-order valence-electron chi connectivity index (χ1n) is 7.76. The van der Waals surface area contributed by atoms with Crippen LogP contribution >= 0.6 is 0 Å². The summed E-state index contributed by atoms with van der Waals surface area (Å²) >= 11 is 0. The zero-order valence-electron chi connectivity index (χ0n) is 13.1. The van der Waals surface area contributed by atoms with Gasteiger partial charge in [0.2, 0.25) is 5.91 Å². The maximum Gasteiger partial charge on any atom is 0.243 e. The Morgan fingerprint density at radius 1 is 1.23 bits per heavy atom. The van der Waals surface area contributed by atoms with Crippen LogP contribution in [-0.2, 0) is 4.79 Å². The van der Waals surface area contributed by atoms with Crippen LogP contribution in [0.5, 0.6) is 0 Å². The lowest BCUT2D eigenvalue weighted by Gasteiger charge is -2.32. The molecule has 1 amide bonds. The van der Waals surface area contributed by atoms with Crippen LogP contribution in [0.4, 0.5) is 4.39 Å². The number of hydrogen-bond donors (Lipinski definition) is 1. The minimum atomic E-state index is -0.273. The van der Waals surface area contributed by atoms with Gasteiger partial charge in [-0.3, -0.25) is 4.79 Å². The van der Waals surface area contributed by atoms with Crippen LogP contribution in [0.25, 0.3) is 6.08 Å². The van der Waals surface area contributed by atoms with E-state index in [0.29, 0.717) is 6.54 Å². The molecule has 1 fully saturated rings. The highest BCUT2D eigenvalue weighted by atomic mass is 19.1. The highest BCUT2D eigenvalue weighted by Gasteiger charge is 2.12. The van der Waals surface area contributed by atoms with Gasteiger partial charge in [-0.25, -0.2) is 4.39 Å². The molecule has 0 radical (unpaired) electrons. The summed E-state index contributed by atoms with van der Waals surface area (Å²) in [7, 11) is 2.14. The summed E-state index contributed by atoms with van der Waals surface area (Å²) in [6.07, 6.45) is 4.14. The van der Waals surface area contributed by atoms with Gasteiger partial charge >= 0.3 is 0 Å². The quantitative estimate of drug-likeness (QED) is 0.640. The summed E-state index contributed by atoms with van der Waals surface area (Å²) in [6, 6.07) is 6.06. The monoisotopic (exact) mass is 305 g/mol. The van der Waals surface area contributed by atoms with Crippen LogP contribution in [0.15, 0.2) is 30.3 Å². The Morgan fingerprint density at radius 2 is 1.91 bits per heavy atom. The highest BCUT2D eigenvalue weighted by molar-refractivity contribution is 5.91. The molecule has 0 aromatic heterocycles. The predicted molar refractivity (Wildman–Crippen MR) is 87.0 cm³/mol. The summed E-state index contributed by atoms with van der Waals surface area (Å²) in [5.41, 5.74) is 0.814. The van der Waals surface area contributed by atoms with Crippen LogP contribution in [0.1, 0.15) is 12.0 Å². The molecule has 0 saturated carbocycles. The summed E-state index contributed by atoms with van der Waals surface area (Å²) in [5, 5.41) is 2.88. The third-order valence-electron chi connectivity index (χ3n) is 3.84. The van der Waals surface area contributed by atoms with Gasteiger partial charge in [0.1, 0.15) is 5.82 Å². The fourth-order valence-corrected chi connectivity index (χ4v) is 2.39. The number of amides is 1. The minimum absolute atomic E-state index is 0.109. The van der Waals surface area contributed by atoms with Gasteiger partial charge in [-0.2, -0.15) is 0 Å². The summed E-state index contributed by atoms with van der Waals surface area (Å²) in [6.45, 7) is 6.15. The minimum Gasteiger partial charge on any atom is -0.353 e. The van der Waals surface area contributed by atoms with E-state index in [1.807, 2.05) is 0 Å². The molecule has 0 spiro atoms. The molecule has 1 aliphatic heterocycles. The lowest BCUT2D eigenvalue weighted by atomic mass is 10.2.